The van der Waals surface area contributed by atoms with Crippen molar-refractivity contribution in [3.63, 3.8) is 0 Å². The number of hydrogen-bond donors (Lipinski definition) is 0. The third-order valence-corrected chi connectivity index (χ3v) is 4.18. The fourth-order valence-corrected chi connectivity index (χ4v) is 2.99. The summed E-state index contributed by atoms with van der Waals surface area (Å²) < 4.78 is 5.34. The van der Waals surface area contributed by atoms with Crippen LogP contribution in [0.2, 0.25) is 0 Å². The second kappa shape index (κ2) is 4.47. The summed E-state index contributed by atoms with van der Waals surface area (Å²) in [6.07, 6.45) is 7.47. The lowest BCUT2D eigenvalue weighted by molar-refractivity contribution is -0.150. The van der Waals surface area contributed by atoms with Crippen molar-refractivity contribution in [1.82, 2.24) is 0 Å². The van der Waals surface area contributed by atoms with Gasteiger partial charge < -0.3 is 4.74 Å². The summed E-state index contributed by atoms with van der Waals surface area (Å²) in [7, 11) is 0. The van der Waals surface area contributed by atoms with Crippen LogP contribution in [0.3, 0.4) is 0 Å². The van der Waals surface area contributed by atoms with Crippen LogP contribution < -0.4 is 0 Å². The van der Waals surface area contributed by atoms with Crippen LogP contribution in [0.1, 0.15) is 53.4 Å². The van der Waals surface area contributed by atoms with Gasteiger partial charge in [-0.3, -0.25) is 4.79 Å². The monoisotopic (exact) mass is 236 g/mol. The second-order valence-electron chi connectivity index (χ2n) is 6.34. The summed E-state index contributed by atoms with van der Waals surface area (Å²) in [6, 6.07) is 0. The van der Waals surface area contributed by atoms with Gasteiger partial charge in [-0.2, -0.15) is 0 Å². The molecule has 0 aliphatic heterocycles. The van der Waals surface area contributed by atoms with Gasteiger partial charge >= 0.3 is 5.97 Å². The highest BCUT2D eigenvalue weighted by molar-refractivity contribution is 5.78. The zero-order chi connectivity index (χ0) is 12.6. The van der Waals surface area contributed by atoms with Crippen LogP contribution in [0.15, 0.2) is 11.6 Å². The van der Waals surface area contributed by atoms with E-state index in [0.29, 0.717) is 5.92 Å². The fourth-order valence-electron chi connectivity index (χ4n) is 2.99. The minimum Gasteiger partial charge on any atom is -0.463 e. The summed E-state index contributed by atoms with van der Waals surface area (Å²) in [4.78, 5) is 12.0. The summed E-state index contributed by atoms with van der Waals surface area (Å²) >= 11 is 0. The molecular formula is C15H24O2. The van der Waals surface area contributed by atoms with Gasteiger partial charge in [0.15, 0.2) is 0 Å². The first-order valence-electron chi connectivity index (χ1n) is 6.83. The highest BCUT2D eigenvalue weighted by atomic mass is 16.5. The maximum absolute atomic E-state index is 12.0. The highest BCUT2D eigenvalue weighted by Crippen LogP contribution is 2.60. The molecule has 2 atom stereocenters. The van der Waals surface area contributed by atoms with Crippen molar-refractivity contribution in [2.75, 3.05) is 0 Å². The Kier molecular flexibility index (Phi) is 3.33. The van der Waals surface area contributed by atoms with Crippen molar-refractivity contribution in [2.45, 2.75) is 59.5 Å². The molecule has 0 bridgehead atoms. The number of esters is 1. The molecule has 0 spiro atoms. The Labute approximate surface area is 104 Å². The van der Waals surface area contributed by atoms with Crippen LogP contribution in [0.5, 0.6) is 0 Å². The second-order valence-corrected chi connectivity index (χ2v) is 6.34. The number of ether oxygens (including phenoxy) is 1. The quantitative estimate of drug-likeness (QED) is 0.551. The van der Waals surface area contributed by atoms with Crippen LogP contribution in [-0.2, 0) is 9.53 Å². The molecule has 0 saturated heterocycles. The van der Waals surface area contributed by atoms with E-state index in [1.54, 1.807) is 5.57 Å². The van der Waals surface area contributed by atoms with Crippen LogP contribution in [0.4, 0.5) is 0 Å². The molecule has 17 heavy (non-hydrogen) atoms. The summed E-state index contributed by atoms with van der Waals surface area (Å²) in [6.45, 7) is 8.18. The van der Waals surface area contributed by atoms with Crippen LogP contribution >= 0.6 is 0 Å². The first-order chi connectivity index (χ1) is 7.93. The maximum atomic E-state index is 12.0. The van der Waals surface area contributed by atoms with Crippen molar-refractivity contribution in [2.24, 2.45) is 17.3 Å². The van der Waals surface area contributed by atoms with Gasteiger partial charge in [0.1, 0.15) is 0 Å². The van der Waals surface area contributed by atoms with Crippen molar-refractivity contribution >= 4 is 5.97 Å². The Morgan fingerprint density at radius 1 is 1.35 bits per heavy atom. The third kappa shape index (κ3) is 2.56. The van der Waals surface area contributed by atoms with Gasteiger partial charge in [-0.05, 0) is 50.9 Å². The van der Waals surface area contributed by atoms with E-state index >= 15 is 0 Å². The molecule has 2 unspecified atom stereocenters. The van der Waals surface area contributed by atoms with E-state index in [9.17, 15) is 4.79 Å². The SMILES string of the molecule is CC(C)OC(=O)C1C(C=C2CCCC2)C1(C)C. The lowest BCUT2D eigenvalue weighted by Crippen LogP contribution is -2.15. The van der Waals surface area contributed by atoms with E-state index < -0.39 is 0 Å². The topological polar surface area (TPSA) is 26.3 Å². The zero-order valence-electron chi connectivity index (χ0n) is 11.5. The number of carbonyl (C=O) groups is 1. The van der Waals surface area contributed by atoms with E-state index in [2.05, 4.69) is 19.9 Å². The Morgan fingerprint density at radius 3 is 2.47 bits per heavy atom. The van der Waals surface area contributed by atoms with Crippen molar-refractivity contribution in [1.29, 1.82) is 0 Å². The van der Waals surface area contributed by atoms with Gasteiger partial charge in [0.25, 0.3) is 0 Å². The van der Waals surface area contributed by atoms with Gasteiger partial charge in [-0.15, -0.1) is 0 Å². The summed E-state index contributed by atoms with van der Waals surface area (Å²) in [5.74, 6) is 0.477. The average Bonchev–Trinajstić information content (AvgIpc) is 2.62. The average molecular weight is 236 g/mol. The Balaban J connectivity index is 2.00. The lowest BCUT2D eigenvalue weighted by Gasteiger charge is -2.08. The molecule has 0 aromatic heterocycles. The van der Waals surface area contributed by atoms with Gasteiger partial charge in [0.2, 0.25) is 0 Å². The van der Waals surface area contributed by atoms with Crippen LogP contribution in [0, 0.1) is 17.3 Å². The molecule has 0 aromatic rings. The van der Waals surface area contributed by atoms with Crippen molar-refractivity contribution in [3.05, 3.63) is 11.6 Å². The summed E-state index contributed by atoms with van der Waals surface area (Å²) in [5, 5.41) is 0. The van der Waals surface area contributed by atoms with Gasteiger partial charge in [-0.25, -0.2) is 0 Å². The van der Waals surface area contributed by atoms with E-state index in [4.69, 9.17) is 4.74 Å². The van der Waals surface area contributed by atoms with Crippen LogP contribution in [0.25, 0.3) is 0 Å². The molecular weight excluding hydrogens is 212 g/mol. The molecule has 2 nitrogen and oxygen atoms in total. The minimum absolute atomic E-state index is 0.00122. The van der Waals surface area contributed by atoms with E-state index in [0.717, 1.165) is 0 Å². The molecule has 0 radical (unpaired) electrons. The number of carbonyl (C=O) groups excluding carboxylic acids is 1. The number of hydrogen-bond acceptors (Lipinski definition) is 2. The number of allylic oxidation sites excluding steroid dienone is 2. The van der Waals surface area contributed by atoms with Crippen LogP contribution in [-0.4, -0.2) is 12.1 Å². The first-order valence-corrected chi connectivity index (χ1v) is 6.83. The molecule has 96 valence electrons. The Hall–Kier alpha value is -0.790. The Morgan fingerprint density at radius 2 is 1.94 bits per heavy atom. The molecule has 2 aliphatic rings. The van der Waals surface area contributed by atoms with Crippen molar-refractivity contribution in [3.8, 4) is 0 Å². The molecule has 0 amide bonds. The zero-order valence-corrected chi connectivity index (χ0v) is 11.5. The lowest BCUT2D eigenvalue weighted by atomic mass is 10.1. The standard InChI is InChI=1S/C15H24O2/c1-10(2)17-14(16)13-12(15(13,3)4)9-11-7-5-6-8-11/h9-10,12-13H,5-8H2,1-4H3. The molecule has 2 rings (SSSR count). The predicted octanol–water partition coefficient (Wildman–Crippen LogP) is 3.71. The van der Waals surface area contributed by atoms with Gasteiger partial charge in [-0.1, -0.05) is 25.5 Å². The number of rotatable bonds is 3. The van der Waals surface area contributed by atoms with E-state index in [1.165, 1.54) is 25.7 Å². The molecule has 2 heteroatoms. The molecule has 2 aliphatic carbocycles. The van der Waals surface area contributed by atoms with E-state index in [1.807, 2.05) is 13.8 Å². The smallest absolute Gasteiger partial charge is 0.310 e. The van der Waals surface area contributed by atoms with E-state index in [-0.39, 0.29) is 23.4 Å². The van der Waals surface area contributed by atoms with Crippen molar-refractivity contribution < 1.29 is 9.53 Å². The fraction of sp³-hybridized carbons (Fsp3) is 0.800. The van der Waals surface area contributed by atoms with Gasteiger partial charge in [0.05, 0.1) is 12.0 Å². The third-order valence-electron chi connectivity index (χ3n) is 4.18. The molecule has 0 heterocycles. The molecule has 0 N–H and O–H groups in total. The first kappa shape index (κ1) is 12.7. The Bertz CT molecular complexity index is 331. The van der Waals surface area contributed by atoms with Gasteiger partial charge in [0, 0.05) is 0 Å². The maximum Gasteiger partial charge on any atom is 0.310 e. The molecule has 0 aromatic carbocycles. The summed E-state index contributed by atoms with van der Waals surface area (Å²) in [5.41, 5.74) is 1.66. The largest absolute Gasteiger partial charge is 0.463 e. The molecule has 2 saturated carbocycles. The normalized spacial score (nSPS) is 30.5. The highest BCUT2D eigenvalue weighted by Gasteiger charge is 2.61. The molecule has 2 fully saturated rings. The predicted molar refractivity (Wildman–Crippen MR) is 68.5 cm³/mol. The minimum atomic E-state index is -0.00940.